The Labute approximate surface area is 102 Å². The van der Waals surface area contributed by atoms with Crippen LogP contribution < -0.4 is 5.32 Å². The number of nitrogens with zero attached hydrogens (tertiary/aromatic N) is 1. The second kappa shape index (κ2) is 3.86. The van der Waals surface area contributed by atoms with Gasteiger partial charge in [0.1, 0.15) is 11.3 Å². The topological polar surface area (TPSA) is 99.8 Å². The highest BCUT2D eigenvalue weighted by Crippen LogP contribution is 2.20. The van der Waals surface area contributed by atoms with Crippen LogP contribution in [-0.2, 0) is 11.3 Å². The minimum absolute atomic E-state index is 0.0820. The van der Waals surface area contributed by atoms with Gasteiger partial charge in [-0.3, -0.25) is 9.69 Å². The first-order chi connectivity index (χ1) is 8.31. The molecular formula is C11H12N2O5. The second-order valence-corrected chi connectivity index (χ2v) is 4.52. The van der Waals surface area contributed by atoms with Crippen molar-refractivity contribution >= 4 is 17.9 Å². The van der Waals surface area contributed by atoms with Crippen LogP contribution >= 0.6 is 0 Å². The van der Waals surface area contributed by atoms with E-state index in [4.69, 9.17) is 9.52 Å². The summed E-state index contributed by atoms with van der Waals surface area (Å²) in [7, 11) is 0. The van der Waals surface area contributed by atoms with E-state index in [0.29, 0.717) is 0 Å². The van der Waals surface area contributed by atoms with Crippen molar-refractivity contribution in [2.24, 2.45) is 0 Å². The van der Waals surface area contributed by atoms with Gasteiger partial charge in [0.15, 0.2) is 0 Å². The molecule has 1 aromatic heterocycles. The SMILES string of the molecule is CC1(C)NC(=O)N(Cc2ccc(C(=O)O)o2)C1=O. The van der Waals surface area contributed by atoms with Crippen LogP contribution in [0.2, 0.25) is 0 Å². The maximum Gasteiger partial charge on any atom is 0.371 e. The third kappa shape index (κ3) is 1.94. The molecule has 0 aliphatic carbocycles. The van der Waals surface area contributed by atoms with E-state index < -0.39 is 17.5 Å². The zero-order valence-electron chi connectivity index (χ0n) is 9.89. The van der Waals surface area contributed by atoms with Crippen LogP contribution in [0.4, 0.5) is 4.79 Å². The molecule has 2 rings (SSSR count). The van der Waals surface area contributed by atoms with Crippen molar-refractivity contribution in [1.29, 1.82) is 0 Å². The summed E-state index contributed by atoms with van der Waals surface area (Å²) in [6.45, 7) is 3.11. The largest absolute Gasteiger partial charge is 0.475 e. The Balaban J connectivity index is 2.16. The molecule has 7 heteroatoms. The van der Waals surface area contributed by atoms with Gasteiger partial charge in [-0.2, -0.15) is 0 Å². The molecule has 0 bridgehead atoms. The van der Waals surface area contributed by atoms with Crippen molar-refractivity contribution in [2.45, 2.75) is 25.9 Å². The highest BCUT2D eigenvalue weighted by atomic mass is 16.4. The van der Waals surface area contributed by atoms with Crippen molar-refractivity contribution in [3.05, 3.63) is 23.7 Å². The lowest BCUT2D eigenvalue weighted by molar-refractivity contribution is -0.130. The number of hydrogen-bond donors (Lipinski definition) is 2. The van der Waals surface area contributed by atoms with Crippen molar-refractivity contribution in [3.63, 3.8) is 0 Å². The van der Waals surface area contributed by atoms with Crippen LogP contribution in [0.1, 0.15) is 30.2 Å². The third-order valence-electron chi connectivity index (χ3n) is 2.63. The van der Waals surface area contributed by atoms with Gasteiger partial charge in [0.05, 0.1) is 6.54 Å². The Hall–Kier alpha value is -2.31. The number of aromatic carboxylic acids is 1. The number of amides is 3. The molecule has 1 fully saturated rings. The van der Waals surface area contributed by atoms with Crippen LogP contribution in [0.3, 0.4) is 0 Å². The maximum absolute atomic E-state index is 11.9. The Morgan fingerprint density at radius 2 is 2.11 bits per heavy atom. The van der Waals surface area contributed by atoms with Crippen molar-refractivity contribution < 1.29 is 23.9 Å². The lowest BCUT2D eigenvalue weighted by atomic mass is 10.1. The molecule has 0 atom stereocenters. The Morgan fingerprint density at radius 3 is 2.56 bits per heavy atom. The molecule has 7 nitrogen and oxygen atoms in total. The number of rotatable bonds is 3. The summed E-state index contributed by atoms with van der Waals surface area (Å²) in [6.07, 6.45) is 0. The van der Waals surface area contributed by atoms with Crippen molar-refractivity contribution in [1.82, 2.24) is 10.2 Å². The first-order valence-electron chi connectivity index (χ1n) is 5.27. The van der Waals surface area contributed by atoms with Crippen molar-refractivity contribution in [2.75, 3.05) is 0 Å². The van der Waals surface area contributed by atoms with Gasteiger partial charge in [-0.05, 0) is 26.0 Å². The standard InChI is InChI=1S/C11H12N2O5/c1-11(2)9(16)13(10(17)12-11)5-6-3-4-7(18-6)8(14)15/h3-4H,5H2,1-2H3,(H,12,17)(H,14,15). The minimum Gasteiger partial charge on any atom is -0.475 e. The molecule has 0 saturated carbocycles. The maximum atomic E-state index is 11.9. The van der Waals surface area contributed by atoms with Gasteiger partial charge in [0.2, 0.25) is 5.76 Å². The highest BCUT2D eigenvalue weighted by molar-refractivity contribution is 6.06. The number of carbonyl (C=O) groups is 3. The van der Waals surface area contributed by atoms with Gasteiger partial charge in [-0.15, -0.1) is 0 Å². The predicted octanol–water partition coefficient (Wildman–Crippen LogP) is 0.808. The van der Waals surface area contributed by atoms with E-state index in [2.05, 4.69) is 5.32 Å². The van der Waals surface area contributed by atoms with E-state index in [9.17, 15) is 14.4 Å². The fraction of sp³-hybridized carbons (Fsp3) is 0.364. The average Bonchev–Trinajstić information content (AvgIpc) is 2.78. The molecule has 1 aliphatic heterocycles. The van der Waals surface area contributed by atoms with Gasteiger partial charge in [0, 0.05) is 0 Å². The molecule has 1 aromatic rings. The van der Waals surface area contributed by atoms with Crippen LogP contribution in [0, 0.1) is 0 Å². The average molecular weight is 252 g/mol. The van der Waals surface area contributed by atoms with Crippen LogP contribution in [0.15, 0.2) is 16.5 Å². The van der Waals surface area contributed by atoms with Crippen LogP contribution in [0.25, 0.3) is 0 Å². The number of urea groups is 1. The number of furan rings is 1. The lowest BCUT2D eigenvalue weighted by Gasteiger charge is -2.14. The Morgan fingerprint density at radius 1 is 1.44 bits per heavy atom. The monoisotopic (exact) mass is 252 g/mol. The predicted molar refractivity (Wildman–Crippen MR) is 58.8 cm³/mol. The van der Waals surface area contributed by atoms with E-state index >= 15 is 0 Å². The fourth-order valence-corrected chi connectivity index (χ4v) is 1.70. The molecule has 1 saturated heterocycles. The molecule has 96 valence electrons. The first-order valence-corrected chi connectivity index (χ1v) is 5.27. The van der Waals surface area contributed by atoms with Gasteiger partial charge in [-0.1, -0.05) is 0 Å². The second-order valence-electron chi connectivity index (χ2n) is 4.52. The third-order valence-corrected chi connectivity index (χ3v) is 2.63. The van der Waals surface area contributed by atoms with E-state index in [0.717, 1.165) is 4.90 Å². The Bertz CT molecular complexity index is 531. The number of hydrogen-bond acceptors (Lipinski definition) is 4. The number of imide groups is 1. The van der Waals surface area contributed by atoms with Gasteiger partial charge < -0.3 is 14.8 Å². The highest BCUT2D eigenvalue weighted by Gasteiger charge is 2.44. The van der Waals surface area contributed by atoms with E-state index in [1.807, 2.05) is 0 Å². The Kier molecular flexibility index (Phi) is 2.61. The molecular weight excluding hydrogens is 240 g/mol. The van der Waals surface area contributed by atoms with E-state index in [-0.39, 0.29) is 24.0 Å². The molecule has 2 heterocycles. The summed E-state index contributed by atoms with van der Waals surface area (Å²) < 4.78 is 5.00. The molecule has 3 amide bonds. The normalized spacial score (nSPS) is 18.0. The molecule has 0 aromatic carbocycles. The smallest absolute Gasteiger partial charge is 0.371 e. The summed E-state index contributed by atoms with van der Waals surface area (Å²) >= 11 is 0. The number of carboxylic acid groups (broad SMARTS) is 1. The van der Waals surface area contributed by atoms with Gasteiger partial charge in [0.25, 0.3) is 5.91 Å². The molecule has 0 spiro atoms. The molecule has 18 heavy (non-hydrogen) atoms. The molecule has 0 radical (unpaired) electrons. The molecule has 1 aliphatic rings. The summed E-state index contributed by atoms with van der Waals surface area (Å²) in [6, 6.07) is 2.19. The molecule has 0 unspecified atom stereocenters. The van der Waals surface area contributed by atoms with Crippen molar-refractivity contribution in [3.8, 4) is 0 Å². The fourth-order valence-electron chi connectivity index (χ4n) is 1.70. The first kappa shape index (κ1) is 12.2. The van der Waals surface area contributed by atoms with Crippen LogP contribution in [0.5, 0.6) is 0 Å². The zero-order chi connectivity index (χ0) is 13.5. The summed E-state index contributed by atoms with van der Waals surface area (Å²) in [5, 5.41) is 11.2. The van der Waals surface area contributed by atoms with Gasteiger partial charge in [-0.25, -0.2) is 9.59 Å². The summed E-state index contributed by atoms with van der Waals surface area (Å²) in [5.41, 5.74) is -0.945. The van der Waals surface area contributed by atoms with E-state index in [1.54, 1.807) is 13.8 Å². The quantitative estimate of drug-likeness (QED) is 0.775. The van der Waals surface area contributed by atoms with E-state index in [1.165, 1.54) is 12.1 Å². The lowest BCUT2D eigenvalue weighted by Crippen LogP contribution is -2.40. The zero-order valence-corrected chi connectivity index (χ0v) is 9.89. The summed E-state index contributed by atoms with van der Waals surface area (Å²) in [5.74, 6) is -1.55. The number of carboxylic acids is 1. The minimum atomic E-state index is -1.20. The number of carbonyl (C=O) groups excluding carboxylic acids is 2. The van der Waals surface area contributed by atoms with Gasteiger partial charge >= 0.3 is 12.0 Å². The molecule has 2 N–H and O–H groups in total. The van der Waals surface area contributed by atoms with Crippen LogP contribution in [-0.4, -0.2) is 33.5 Å². The summed E-state index contributed by atoms with van der Waals surface area (Å²) in [4.78, 5) is 35.1. The number of nitrogens with one attached hydrogen (secondary N) is 1.